The Morgan fingerprint density at radius 3 is 2.40 bits per heavy atom. The number of fused-ring (bicyclic) bond motifs is 1. The van der Waals surface area contributed by atoms with E-state index in [1.54, 1.807) is 13.0 Å². The van der Waals surface area contributed by atoms with Crippen LogP contribution in [0.1, 0.15) is 16.2 Å². The molecule has 0 bridgehead atoms. The molecule has 3 heterocycles. The number of aryl methyl sites for hydroxylation is 1. The number of aromatic nitrogens is 4. The van der Waals surface area contributed by atoms with Gasteiger partial charge < -0.3 is 19.5 Å². The summed E-state index contributed by atoms with van der Waals surface area (Å²) < 4.78 is 45.8. The number of halogens is 2. The summed E-state index contributed by atoms with van der Waals surface area (Å²) in [6, 6.07) is 12.1. The quantitative estimate of drug-likeness (QED) is 0.309. The highest BCUT2D eigenvalue weighted by Gasteiger charge is 2.19. The molecule has 10 nitrogen and oxygen atoms in total. The van der Waals surface area contributed by atoms with E-state index in [1.807, 2.05) is 0 Å². The number of ether oxygens (including phenoxy) is 3. The molecule has 2 aromatic carbocycles. The minimum Gasteiger partial charge on any atom is -0.491 e. The lowest BCUT2D eigenvalue weighted by molar-refractivity contribution is 0.102. The van der Waals surface area contributed by atoms with Gasteiger partial charge in [0, 0.05) is 42.0 Å². The molecule has 0 fully saturated rings. The molecule has 0 unspecified atom stereocenters. The van der Waals surface area contributed by atoms with E-state index in [0.29, 0.717) is 28.2 Å². The molecule has 0 atom stereocenters. The fourth-order valence-electron chi connectivity index (χ4n) is 3.91. The molecule has 0 aliphatic heterocycles. The second-order valence-electron chi connectivity index (χ2n) is 8.46. The van der Waals surface area contributed by atoms with E-state index in [0.717, 1.165) is 6.07 Å². The average Bonchev–Trinajstić information content (AvgIpc) is 2.95. The maximum Gasteiger partial charge on any atom is 0.286 e. The molecular formula is C28H21F2N5O5. The van der Waals surface area contributed by atoms with Crippen LogP contribution >= 0.6 is 0 Å². The van der Waals surface area contributed by atoms with Gasteiger partial charge >= 0.3 is 0 Å². The first-order valence-corrected chi connectivity index (χ1v) is 11.8. The maximum absolute atomic E-state index is 15.0. The number of amides is 1. The number of methoxy groups -OCH3 is 2. The van der Waals surface area contributed by atoms with E-state index in [-0.39, 0.29) is 23.1 Å². The Morgan fingerprint density at radius 1 is 0.925 bits per heavy atom. The molecule has 5 aromatic rings. The van der Waals surface area contributed by atoms with Crippen molar-refractivity contribution >= 4 is 22.6 Å². The van der Waals surface area contributed by atoms with Crippen molar-refractivity contribution in [2.45, 2.75) is 6.92 Å². The molecule has 40 heavy (non-hydrogen) atoms. The third kappa shape index (κ3) is 5.14. The topological polar surface area (TPSA) is 117 Å². The molecule has 0 aliphatic rings. The van der Waals surface area contributed by atoms with Crippen molar-refractivity contribution in [3.05, 3.63) is 100 Å². The summed E-state index contributed by atoms with van der Waals surface area (Å²) in [7, 11) is 2.91. The normalized spacial score (nSPS) is 10.8. The predicted molar refractivity (Wildman–Crippen MR) is 142 cm³/mol. The van der Waals surface area contributed by atoms with Crippen molar-refractivity contribution in [2.24, 2.45) is 0 Å². The predicted octanol–water partition coefficient (Wildman–Crippen LogP) is 4.82. The second kappa shape index (κ2) is 10.8. The molecule has 12 heteroatoms. The van der Waals surface area contributed by atoms with E-state index < -0.39 is 28.8 Å². The van der Waals surface area contributed by atoms with Crippen LogP contribution in [0, 0.1) is 18.6 Å². The van der Waals surface area contributed by atoms with Gasteiger partial charge in [-0.2, -0.15) is 0 Å². The third-order valence-corrected chi connectivity index (χ3v) is 5.78. The molecule has 5 rings (SSSR count). The molecule has 0 saturated heterocycles. The zero-order chi connectivity index (χ0) is 28.4. The lowest BCUT2D eigenvalue weighted by atomic mass is 10.2. The van der Waals surface area contributed by atoms with Gasteiger partial charge in [-0.1, -0.05) is 0 Å². The van der Waals surface area contributed by atoms with Crippen LogP contribution in [-0.2, 0) is 0 Å². The number of hydrogen-bond donors (Lipinski definition) is 1. The van der Waals surface area contributed by atoms with Gasteiger partial charge in [-0.25, -0.2) is 18.7 Å². The number of anilines is 1. The van der Waals surface area contributed by atoms with E-state index in [9.17, 15) is 14.0 Å². The first-order valence-electron chi connectivity index (χ1n) is 11.8. The van der Waals surface area contributed by atoms with Crippen molar-refractivity contribution < 1.29 is 27.8 Å². The summed E-state index contributed by atoms with van der Waals surface area (Å²) in [6.45, 7) is 1.60. The zero-order valence-corrected chi connectivity index (χ0v) is 21.4. The molecule has 3 aromatic heterocycles. The molecule has 0 saturated carbocycles. The summed E-state index contributed by atoms with van der Waals surface area (Å²) in [5.41, 5.74) is 0.415. The Morgan fingerprint density at radius 2 is 1.70 bits per heavy atom. The second-order valence-corrected chi connectivity index (χ2v) is 8.46. The van der Waals surface area contributed by atoms with Gasteiger partial charge in [0.15, 0.2) is 28.8 Å². The Bertz CT molecular complexity index is 1810. The van der Waals surface area contributed by atoms with Crippen LogP contribution in [0.3, 0.4) is 0 Å². The molecule has 0 spiro atoms. The van der Waals surface area contributed by atoms with Gasteiger partial charge in [-0.3, -0.25) is 19.1 Å². The van der Waals surface area contributed by atoms with Crippen molar-refractivity contribution in [2.75, 3.05) is 19.5 Å². The number of rotatable bonds is 7. The Balaban J connectivity index is 1.40. The first kappa shape index (κ1) is 26.2. The number of nitrogens with zero attached hydrogens (tertiary/aromatic N) is 4. The zero-order valence-electron chi connectivity index (χ0n) is 21.4. The highest BCUT2D eigenvalue weighted by molar-refractivity contribution is 6.02. The molecule has 0 radical (unpaired) electrons. The maximum atomic E-state index is 15.0. The van der Waals surface area contributed by atoms with Crippen LogP contribution in [0.5, 0.6) is 23.1 Å². The highest BCUT2D eigenvalue weighted by Crippen LogP contribution is 2.35. The number of carbonyl (C=O) groups excluding carboxylic acids is 1. The number of pyridine rings is 2. The lowest BCUT2D eigenvalue weighted by Crippen LogP contribution is -2.30. The van der Waals surface area contributed by atoms with E-state index in [1.165, 1.54) is 73.6 Å². The Labute approximate surface area is 225 Å². The van der Waals surface area contributed by atoms with Gasteiger partial charge in [0.1, 0.15) is 11.3 Å². The van der Waals surface area contributed by atoms with Crippen LogP contribution in [0.15, 0.2) is 71.8 Å². The average molecular weight is 546 g/mol. The Hall–Kier alpha value is -5.39. The summed E-state index contributed by atoms with van der Waals surface area (Å²) in [5, 5.41) is 2.48. The lowest BCUT2D eigenvalue weighted by Gasteiger charge is -2.13. The molecule has 202 valence electrons. The number of benzene rings is 2. The fraction of sp³-hybridized carbons (Fsp3) is 0.107. The number of carbonyl (C=O) groups is 1. The van der Waals surface area contributed by atoms with Crippen LogP contribution in [-0.4, -0.2) is 39.6 Å². The highest BCUT2D eigenvalue weighted by atomic mass is 19.1. The molecule has 1 amide bonds. The molecule has 0 aliphatic carbocycles. The number of nitrogens with one attached hydrogen (secondary N) is 1. The van der Waals surface area contributed by atoms with Crippen LogP contribution < -0.4 is 25.1 Å². The van der Waals surface area contributed by atoms with Crippen molar-refractivity contribution in [3.8, 4) is 28.8 Å². The summed E-state index contributed by atoms with van der Waals surface area (Å²) in [5.74, 6) is -1.45. The third-order valence-electron chi connectivity index (χ3n) is 5.78. The smallest absolute Gasteiger partial charge is 0.286 e. The Kier molecular flexibility index (Phi) is 7.06. The van der Waals surface area contributed by atoms with Crippen LogP contribution in [0.2, 0.25) is 0 Å². The summed E-state index contributed by atoms with van der Waals surface area (Å²) >= 11 is 0. The van der Waals surface area contributed by atoms with Gasteiger partial charge in [0.25, 0.3) is 17.3 Å². The van der Waals surface area contributed by atoms with Crippen molar-refractivity contribution in [1.82, 2.24) is 19.5 Å². The molecular weight excluding hydrogens is 524 g/mol. The number of hydrogen-bond acceptors (Lipinski definition) is 8. The summed E-state index contributed by atoms with van der Waals surface area (Å²) in [4.78, 5) is 38.6. The molecule has 1 N–H and O–H groups in total. The van der Waals surface area contributed by atoms with Crippen molar-refractivity contribution in [1.29, 1.82) is 0 Å². The van der Waals surface area contributed by atoms with E-state index in [2.05, 4.69) is 20.3 Å². The van der Waals surface area contributed by atoms with Crippen LogP contribution in [0.4, 0.5) is 14.5 Å². The minimum atomic E-state index is -0.844. The standard InChI is InChI=1S/C28H21F2N5O5/c1-15-14-35(18-7-4-16(29)5-8-18)28(37)25(32-15)26(36)33-17-6-9-21(19(30)12-17)40-22-10-11-31-20-13-23(38-2)27(39-3)34-24(20)22/h4-14H,1-3H3,(H,33,36). The van der Waals surface area contributed by atoms with Gasteiger partial charge in [0.2, 0.25) is 0 Å². The SMILES string of the molecule is COc1cc2nccc(Oc3ccc(NC(=O)c4nc(C)cn(-c5ccc(F)cc5)c4=O)cc3F)c2nc1OC. The van der Waals surface area contributed by atoms with Gasteiger partial charge in [-0.15, -0.1) is 0 Å². The minimum absolute atomic E-state index is 0.0648. The monoisotopic (exact) mass is 545 g/mol. The van der Waals surface area contributed by atoms with Crippen LogP contribution in [0.25, 0.3) is 16.7 Å². The summed E-state index contributed by atoms with van der Waals surface area (Å²) in [6.07, 6.45) is 2.91. The van der Waals surface area contributed by atoms with E-state index >= 15 is 4.39 Å². The fourth-order valence-corrected chi connectivity index (χ4v) is 3.91. The van der Waals surface area contributed by atoms with E-state index in [4.69, 9.17) is 14.2 Å². The van der Waals surface area contributed by atoms with Gasteiger partial charge in [-0.05, 0) is 43.3 Å². The largest absolute Gasteiger partial charge is 0.491 e. The van der Waals surface area contributed by atoms with Crippen molar-refractivity contribution in [3.63, 3.8) is 0 Å². The first-order chi connectivity index (χ1) is 19.3. The van der Waals surface area contributed by atoms with Gasteiger partial charge in [0.05, 0.1) is 25.4 Å².